The van der Waals surface area contributed by atoms with Gasteiger partial charge in [0.05, 0.1) is 19.0 Å². The molecule has 0 aliphatic heterocycles. The van der Waals surface area contributed by atoms with Gasteiger partial charge in [-0.2, -0.15) is 0 Å². The van der Waals surface area contributed by atoms with Crippen molar-refractivity contribution in [3.8, 4) is 11.6 Å². The highest BCUT2D eigenvalue weighted by atomic mass is 16.6. The summed E-state index contributed by atoms with van der Waals surface area (Å²) in [6.07, 6.45) is 4.63. The van der Waals surface area contributed by atoms with Gasteiger partial charge in [0, 0.05) is 0 Å². The van der Waals surface area contributed by atoms with Gasteiger partial charge < -0.3 is 15.3 Å². The largest absolute Gasteiger partial charge is 0.438 e. The molecule has 0 spiro atoms. The van der Waals surface area contributed by atoms with Crippen molar-refractivity contribution in [3.63, 3.8) is 0 Å². The van der Waals surface area contributed by atoms with Crippen LogP contribution in [-0.2, 0) is 9.68 Å². The van der Waals surface area contributed by atoms with Gasteiger partial charge in [-0.1, -0.05) is 11.2 Å². The maximum absolute atomic E-state index is 5.82. The first-order valence-electron chi connectivity index (χ1n) is 7.10. The van der Waals surface area contributed by atoms with Crippen LogP contribution in [0, 0.1) is 0 Å². The third-order valence-electron chi connectivity index (χ3n) is 3.05. The Morgan fingerprint density at radius 2 is 1.96 bits per heavy atom. The minimum absolute atomic E-state index is 0.248. The number of anilines is 1. The fourth-order valence-corrected chi connectivity index (χ4v) is 1.91. The average molecular weight is 329 g/mol. The van der Waals surface area contributed by atoms with E-state index in [1.54, 1.807) is 7.11 Å². The van der Waals surface area contributed by atoms with Crippen LogP contribution < -0.4 is 16.0 Å². The summed E-state index contributed by atoms with van der Waals surface area (Å²) in [5, 5.41) is 3.68. The highest BCUT2D eigenvalue weighted by molar-refractivity contribution is 5.88. The second kappa shape index (κ2) is 8.49. The van der Waals surface area contributed by atoms with Crippen LogP contribution in [0.1, 0.15) is 18.1 Å². The molecule has 0 bridgehead atoms. The number of rotatable bonds is 7. The number of nitrogens with two attached hydrogens (primary N) is 1. The molecule has 0 saturated heterocycles. The molecule has 8 nitrogen and oxygen atoms in total. The molecule has 0 aliphatic carbocycles. The van der Waals surface area contributed by atoms with Gasteiger partial charge in [-0.15, -0.1) is 0 Å². The van der Waals surface area contributed by atoms with Crippen molar-refractivity contribution in [2.24, 2.45) is 5.16 Å². The lowest BCUT2D eigenvalue weighted by atomic mass is 10.1. The molecule has 0 radical (unpaired) electrons. The molecule has 1 aromatic carbocycles. The lowest BCUT2D eigenvalue weighted by molar-refractivity contribution is 0.136. The molecule has 0 aliphatic rings. The van der Waals surface area contributed by atoms with Gasteiger partial charge in [0.1, 0.15) is 30.6 Å². The van der Waals surface area contributed by atoms with E-state index in [-0.39, 0.29) is 11.7 Å². The molecule has 0 atom stereocenters. The number of oxime groups is 1. The number of hydroxylamine groups is 1. The van der Waals surface area contributed by atoms with Crippen molar-refractivity contribution in [1.82, 2.24) is 15.4 Å². The first-order chi connectivity index (χ1) is 11.7. The lowest BCUT2D eigenvalue weighted by Gasteiger charge is -2.11. The first-order valence-corrected chi connectivity index (χ1v) is 7.10. The fourth-order valence-electron chi connectivity index (χ4n) is 1.91. The molecular weight excluding hydrogens is 310 g/mol. The highest BCUT2D eigenvalue weighted by Crippen LogP contribution is 2.25. The van der Waals surface area contributed by atoms with Gasteiger partial charge in [-0.05, 0) is 36.8 Å². The fraction of sp³-hybridized carbons (Fsp3) is 0.188. The zero-order valence-corrected chi connectivity index (χ0v) is 13.7. The summed E-state index contributed by atoms with van der Waals surface area (Å²) in [7, 11) is 2.99. The second-order valence-corrected chi connectivity index (χ2v) is 4.53. The highest BCUT2D eigenvalue weighted by Gasteiger charge is 2.10. The standard InChI is InChI=1S/C16H19N5O3/c1-4-14(21-23-3)11-5-7-12(8-6-11)24-16-13(9-20-22-2)15(17)18-10-19-16/h4-10,21H,1-3H3,(H2,17,18,19)/b14-4+,20-9?. The van der Waals surface area contributed by atoms with Gasteiger partial charge >= 0.3 is 0 Å². The SMILES string of the molecule is C/C=C(/NOC)c1ccc(Oc2ncnc(N)c2C=NOC)cc1. The number of benzene rings is 1. The van der Waals surface area contributed by atoms with Gasteiger partial charge in [-0.3, -0.25) is 10.3 Å². The maximum atomic E-state index is 5.82. The van der Waals surface area contributed by atoms with E-state index < -0.39 is 0 Å². The van der Waals surface area contributed by atoms with Crippen LogP contribution in [0.3, 0.4) is 0 Å². The predicted octanol–water partition coefficient (Wildman–Crippen LogP) is 2.34. The maximum Gasteiger partial charge on any atom is 0.233 e. The van der Waals surface area contributed by atoms with Crippen LogP contribution in [0.5, 0.6) is 11.6 Å². The normalized spacial score (nSPS) is 11.5. The van der Waals surface area contributed by atoms with Crippen LogP contribution in [0.15, 0.2) is 41.8 Å². The quantitative estimate of drug-likeness (QED) is 0.593. The van der Waals surface area contributed by atoms with E-state index in [1.165, 1.54) is 19.7 Å². The molecule has 3 N–H and O–H groups in total. The summed E-state index contributed by atoms with van der Waals surface area (Å²) >= 11 is 0. The van der Waals surface area contributed by atoms with E-state index in [1.807, 2.05) is 37.3 Å². The molecule has 0 fully saturated rings. The molecule has 0 unspecified atom stereocenters. The molecule has 1 heterocycles. The zero-order chi connectivity index (χ0) is 17.4. The van der Waals surface area contributed by atoms with Crippen molar-refractivity contribution in [2.75, 3.05) is 20.0 Å². The van der Waals surface area contributed by atoms with Crippen molar-refractivity contribution in [3.05, 3.63) is 47.8 Å². The summed E-state index contributed by atoms with van der Waals surface area (Å²) in [6.45, 7) is 1.91. The topological polar surface area (TPSA) is 104 Å². The third kappa shape index (κ3) is 4.20. The van der Waals surface area contributed by atoms with E-state index in [9.17, 15) is 0 Å². The van der Waals surface area contributed by atoms with E-state index >= 15 is 0 Å². The first kappa shape index (κ1) is 17.2. The monoisotopic (exact) mass is 329 g/mol. The molecule has 0 saturated carbocycles. The minimum atomic E-state index is 0.248. The number of nitrogens with zero attached hydrogens (tertiary/aromatic N) is 3. The number of ether oxygens (including phenoxy) is 1. The summed E-state index contributed by atoms with van der Waals surface area (Å²) < 4.78 is 5.77. The van der Waals surface area contributed by atoms with Crippen molar-refractivity contribution in [2.45, 2.75) is 6.92 Å². The molecule has 8 heteroatoms. The average Bonchev–Trinajstić information content (AvgIpc) is 2.60. The van der Waals surface area contributed by atoms with Crippen molar-refractivity contribution < 1.29 is 14.4 Å². The Bertz CT molecular complexity index is 729. The van der Waals surface area contributed by atoms with Crippen LogP contribution >= 0.6 is 0 Å². The molecular formula is C16H19N5O3. The van der Waals surface area contributed by atoms with Gasteiger partial charge in [0.2, 0.25) is 5.88 Å². The van der Waals surface area contributed by atoms with Crippen LogP contribution in [0.25, 0.3) is 5.70 Å². The van der Waals surface area contributed by atoms with Crippen molar-refractivity contribution in [1.29, 1.82) is 0 Å². The summed E-state index contributed by atoms with van der Waals surface area (Å²) in [5.41, 5.74) is 10.9. The summed E-state index contributed by atoms with van der Waals surface area (Å²) in [6, 6.07) is 7.41. The van der Waals surface area contributed by atoms with Gasteiger partial charge in [-0.25, -0.2) is 9.97 Å². The summed E-state index contributed by atoms with van der Waals surface area (Å²) in [4.78, 5) is 17.6. The molecule has 126 valence electrons. The van der Waals surface area contributed by atoms with Crippen molar-refractivity contribution >= 4 is 17.7 Å². The minimum Gasteiger partial charge on any atom is -0.438 e. The number of nitrogen functional groups attached to an aromatic ring is 1. The Balaban J connectivity index is 2.23. The molecule has 2 rings (SSSR count). The number of hydrogen-bond acceptors (Lipinski definition) is 8. The Morgan fingerprint density at radius 3 is 2.58 bits per heavy atom. The molecule has 0 amide bonds. The van der Waals surface area contributed by atoms with Gasteiger partial charge in [0.25, 0.3) is 0 Å². The number of aromatic nitrogens is 2. The van der Waals surface area contributed by atoms with E-state index in [4.69, 9.17) is 15.3 Å². The number of hydrogen-bond donors (Lipinski definition) is 2. The molecule has 24 heavy (non-hydrogen) atoms. The van der Waals surface area contributed by atoms with E-state index in [0.717, 1.165) is 11.3 Å². The van der Waals surface area contributed by atoms with Crippen LogP contribution in [-0.4, -0.2) is 30.4 Å². The Labute approximate surface area is 139 Å². The Morgan fingerprint density at radius 1 is 1.21 bits per heavy atom. The lowest BCUT2D eigenvalue weighted by Crippen LogP contribution is -2.09. The van der Waals surface area contributed by atoms with E-state index in [2.05, 4.69) is 25.4 Å². The van der Waals surface area contributed by atoms with Crippen LogP contribution in [0.4, 0.5) is 5.82 Å². The molecule has 1 aromatic heterocycles. The third-order valence-corrected chi connectivity index (χ3v) is 3.05. The predicted molar refractivity (Wildman–Crippen MR) is 91.4 cm³/mol. The van der Waals surface area contributed by atoms with E-state index in [0.29, 0.717) is 11.3 Å². The van der Waals surface area contributed by atoms with Gasteiger partial charge in [0.15, 0.2) is 0 Å². The molecule has 2 aromatic rings. The number of allylic oxidation sites excluding steroid dienone is 1. The van der Waals surface area contributed by atoms with Crippen LogP contribution in [0.2, 0.25) is 0 Å². The smallest absolute Gasteiger partial charge is 0.233 e. The Hall–Kier alpha value is -3.13. The Kier molecular flexibility index (Phi) is 6.09. The second-order valence-electron chi connectivity index (χ2n) is 4.53. The number of nitrogens with one attached hydrogen (secondary N) is 1. The zero-order valence-electron chi connectivity index (χ0n) is 13.7. The summed E-state index contributed by atoms with van der Waals surface area (Å²) in [5.74, 6) is 1.13.